The van der Waals surface area contributed by atoms with Gasteiger partial charge in [-0.15, -0.1) is 0 Å². The molecule has 5 aromatic rings. The third kappa shape index (κ3) is 3.56. The van der Waals surface area contributed by atoms with Gasteiger partial charge < -0.3 is 10.1 Å². The van der Waals surface area contributed by atoms with E-state index in [1.165, 1.54) is 11.9 Å². The van der Waals surface area contributed by atoms with Crippen molar-refractivity contribution >= 4 is 33.9 Å². The molecule has 1 N–H and O–H groups in total. The fraction of sp³-hybridized carbons (Fsp3) is 0.167. The van der Waals surface area contributed by atoms with Gasteiger partial charge in [-0.1, -0.05) is 30.3 Å². The van der Waals surface area contributed by atoms with E-state index in [1.807, 2.05) is 54.2 Å². The van der Waals surface area contributed by atoms with Crippen LogP contribution in [0.15, 0.2) is 67.3 Å². The molecule has 0 bridgehead atoms. The number of nitrogens with zero attached hydrogens (tertiary/aromatic N) is 5. The van der Waals surface area contributed by atoms with Gasteiger partial charge >= 0.3 is 5.97 Å². The first-order valence-electron chi connectivity index (χ1n) is 10.4. The number of anilines is 2. The van der Waals surface area contributed by atoms with Gasteiger partial charge in [-0.2, -0.15) is 10.2 Å². The number of benzene rings is 2. The summed E-state index contributed by atoms with van der Waals surface area (Å²) in [4.78, 5) is 16.7. The molecule has 8 heteroatoms. The van der Waals surface area contributed by atoms with Gasteiger partial charge in [-0.3, -0.25) is 4.68 Å². The Morgan fingerprint density at radius 1 is 1.12 bits per heavy atom. The van der Waals surface area contributed by atoms with Crippen LogP contribution in [0.1, 0.15) is 28.4 Å². The lowest BCUT2D eigenvalue weighted by Gasteiger charge is -2.09. The quantitative estimate of drug-likeness (QED) is 0.406. The van der Waals surface area contributed by atoms with Crippen molar-refractivity contribution in [1.82, 2.24) is 24.4 Å². The molecule has 0 saturated heterocycles. The number of carbonyl (C=O) groups is 1. The lowest BCUT2D eigenvalue weighted by Crippen LogP contribution is -2.04. The molecular weight excluding hydrogens is 404 g/mol. The third-order valence-electron chi connectivity index (χ3n) is 5.40. The van der Waals surface area contributed by atoms with Crippen molar-refractivity contribution in [1.29, 1.82) is 0 Å². The average molecular weight is 426 g/mol. The van der Waals surface area contributed by atoms with Crippen molar-refractivity contribution in [2.75, 3.05) is 11.9 Å². The largest absolute Gasteiger partial charge is 0.462 e. The van der Waals surface area contributed by atoms with Crippen LogP contribution in [0.3, 0.4) is 0 Å². The van der Waals surface area contributed by atoms with Crippen LogP contribution in [0.25, 0.3) is 16.4 Å². The monoisotopic (exact) mass is 426 g/mol. The first-order valence-corrected chi connectivity index (χ1v) is 10.4. The Bertz CT molecular complexity index is 1420. The van der Waals surface area contributed by atoms with Crippen molar-refractivity contribution in [3.8, 4) is 0 Å². The Balaban J connectivity index is 1.46. The molecule has 2 aromatic carbocycles. The summed E-state index contributed by atoms with van der Waals surface area (Å²) >= 11 is 0. The summed E-state index contributed by atoms with van der Waals surface area (Å²) in [6.07, 6.45) is 4.99. The minimum absolute atomic E-state index is 0.319. The van der Waals surface area contributed by atoms with Crippen LogP contribution in [0.4, 0.5) is 11.5 Å². The standard InChI is InChI=1S/C24H22N6O2/c1-3-32-24(31)20-14-30-22(16(20)2)23(25-15-27-30)28-19-9-10-21-18(11-19)12-26-29(21)13-17-7-5-4-6-8-17/h4-12,14-15H,3,13H2,1-2H3,(H,25,27,28). The summed E-state index contributed by atoms with van der Waals surface area (Å²) in [5.41, 5.74) is 5.10. The van der Waals surface area contributed by atoms with Crippen LogP contribution in [0.2, 0.25) is 0 Å². The van der Waals surface area contributed by atoms with Crippen LogP contribution in [-0.2, 0) is 11.3 Å². The van der Waals surface area contributed by atoms with Gasteiger partial charge in [-0.05, 0) is 43.2 Å². The molecule has 0 atom stereocenters. The van der Waals surface area contributed by atoms with Crippen LogP contribution in [-0.4, -0.2) is 37.0 Å². The van der Waals surface area contributed by atoms with Gasteiger partial charge in [0.05, 0.1) is 30.4 Å². The maximum Gasteiger partial charge on any atom is 0.340 e. The average Bonchev–Trinajstić information content (AvgIpc) is 3.36. The summed E-state index contributed by atoms with van der Waals surface area (Å²) in [6, 6.07) is 16.3. The van der Waals surface area contributed by atoms with E-state index in [0.29, 0.717) is 24.5 Å². The Labute approximate surface area is 184 Å². The minimum atomic E-state index is -0.367. The molecule has 0 saturated carbocycles. The number of carbonyl (C=O) groups excluding carboxylic acids is 1. The Hall–Kier alpha value is -4.20. The van der Waals surface area contributed by atoms with Gasteiger partial charge in [0.2, 0.25) is 0 Å². The molecule has 0 aliphatic carbocycles. The molecule has 0 aliphatic rings. The highest BCUT2D eigenvalue weighted by Gasteiger charge is 2.19. The number of esters is 1. The molecule has 0 amide bonds. The van der Waals surface area contributed by atoms with E-state index in [4.69, 9.17) is 4.74 Å². The van der Waals surface area contributed by atoms with Crippen LogP contribution in [0.5, 0.6) is 0 Å². The molecule has 0 unspecified atom stereocenters. The lowest BCUT2D eigenvalue weighted by molar-refractivity contribution is 0.0525. The van der Waals surface area contributed by atoms with Crippen molar-refractivity contribution in [2.45, 2.75) is 20.4 Å². The van der Waals surface area contributed by atoms with Gasteiger partial charge in [-0.25, -0.2) is 14.3 Å². The van der Waals surface area contributed by atoms with E-state index in [1.54, 1.807) is 17.6 Å². The number of hydrogen-bond acceptors (Lipinski definition) is 6. The predicted molar refractivity (Wildman–Crippen MR) is 122 cm³/mol. The van der Waals surface area contributed by atoms with Crippen molar-refractivity contribution in [3.63, 3.8) is 0 Å². The van der Waals surface area contributed by atoms with Crippen molar-refractivity contribution in [2.24, 2.45) is 0 Å². The molecule has 160 valence electrons. The molecule has 0 fully saturated rings. The summed E-state index contributed by atoms with van der Waals surface area (Å²) in [5, 5.41) is 13.2. The van der Waals surface area contributed by atoms with Crippen LogP contribution >= 0.6 is 0 Å². The van der Waals surface area contributed by atoms with E-state index >= 15 is 0 Å². The number of ether oxygens (including phenoxy) is 1. The van der Waals surface area contributed by atoms with E-state index in [-0.39, 0.29) is 5.97 Å². The summed E-state index contributed by atoms with van der Waals surface area (Å²) in [5.74, 6) is 0.248. The van der Waals surface area contributed by atoms with Crippen molar-refractivity contribution in [3.05, 3.63) is 83.9 Å². The summed E-state index contributed by atoms with van der Waals surface area (Å²) < 4.78 is 8.79. The molecular formula is C24H22N6O2. The fourth-order valence-electron chi connectivity index (χ4n) is 3.85. The predicted octanol–water partition coefficient (Wildman–Crippen LogP) is 4.36. The minimum Gasteiger partial charge on any atom is -0.462 e. The van der Waals surface area contributed by atoms with E-state index in [2.05, 4.69) is 32.6 Å². The molecule has 0 spiro atoms. The van der Waals surface area contributed by atoms with Crippen molar-refractivity contribution < 1.29 is 9.53 Å². The maximum atomic E-state index is 12.3. The van der Waals surface area contributed by atoms with E-state index in [0.717, 1.165) is 27.7 Å². The second kappa shape index (κ2) is 8.14. The maximum absolute atomic E-state index is 12.3. The molecule has 0 aliphatic heterocycles. The number of aromatic nitrogens is 5. The van der Waals surface area contributed by atoms with E-state index < -0.39 is 0 Å². The molecule has 5 rings (SSSR count). The zero-order chi connectivity index (χ0) is 22.1. The molecule has 0 radical (unpaired) electrons. The zero-order valence-electron chi connectivity index (χ0n) is 17.8. The van der Waals surface area contributed by atoms with Gasteiger partial charge in [0.15, 0.2) is 5.82 Å². The summed E-state index contributed by atoms with van der Waals surface area (Å²) in [7, 11) is 0. The van der Waals surface area contributed by atoms with Gasteiger partial charge in [0.1, 0.15) is 11.8 Å². The molecule has 32 heavy (non-hydrogen) atoms. The zero-order valence-corrected chi connectivity index (χ0v) is 17.8. The number of aryl methyl sites for hydroxylation is 1. The van der Waals surface area contributed by atoms with Gasteiger partial charge in [0, 0.05) is 17.3 Å². The fourth-order valence-corrected chi connectivity index (χ4v) is 3.85. The number of rotatable bonds is 6. The smallest absolute Gasteiger partial charge is 0.340 e. The SMILES string of the molecule is CCOC(=O)c1cn2ncnc(Nc3ccc4c(cnn4Cc4ccccc4)c3)c2c1C. The lowest BCUT2D eigenvalue weighted by atomic mass is 10.2. The molecule has 3 heterocycles. The van der Waals surface area contributed by atoms with Crippen LogP contribution < -0.4 is 5.32 Å². The number of fused-ring (bicyclic) bond motifs is 2. The van der Waals surface area contributed by atoms with Gasteiger partial charge in [0.25, 0.3) is 0 Å². The number of nitrogens with one attached hydrogen (secondary N) is 1. The first kappa shape index (κ1) is 19.7. The topological polar surface area (TPSA) is 86.3 Å². The Morgan fingerprint density at radius 2 is 1.97 bits per heavy atom. The second-order valence-electron chi connectivity index (χ2n) is 7.48. The number of hydrogen-bond donors (Lipinski definition) is 1. The Kier molecular flexibility index (Phi) is 5.03. The third-order valence-corrected chi connectivity index (χ3v) is 5.40. The van der Waals surface area contributed by atoms with Crippen LogP contribution in [0, 0.1) is 6.92 Å². The molecule has 8 nitrogen and oxygen atoms in total. The Morgan fingerprint density at radius 3 is 2.78 bits per heavy atom. The van der Waals surface area contributed by atoms with E-state index in [9.17, 15) is 4.79 Å². The highest BCUT2D eigenvalue weighted by molar-refractivity contribution is 5.95. The highest BCUT2D eigenvalue weighted by atomic mass is 16.5. The second-order valence-corrected chi connectivity index (χ2v) is 7.48. The normalized spacial score (nSPS) is 11.2. The summed E-state index contributed by atoms with van der Waals surface area (Å²) in [6.45, 7) is 4.68. The molecule has 3 aromatic heterocycles. The first-order chi connectivity index (χ1) is 15.6. The highest BCUT2D eigenvalue weighted by Crippen LogP contribution is 2.27.